The molecule has 3 aromatic rings. The van der Waals surface area contributed by atoms with E-state index >= 15 is 0 Å². The largest absolute Gasteiger partial charge is 0.470 e. The average Bonchev–Trinajstić information content (AvgIpc) is 3.24. The zero-order valence-corrected chi connectivity index (χ0v) is 16.0. The highest BCUT2D eigenvalue weighted by atomic mass is 19.1. The van der Waals surface area contributed by atoms with Crippen LogP contribution in [0.25, 0.3) is 5.65 Å². The molecule has 0 saturated carbocycles. The Hall–Kier alpha value is -3.36. The summed E-state index contributed by atoms with van der Waals surface area (Å²) in [6.45, 7) is 5.59. The molecule has 1 aromatic carbocycles. The van der Waals surface area contributed by atoms with Crippen molar-refractivity contribution in [1.29, 1.82) is 0 Å². The third-order valence-corrected chi connectivity index (χ3v) is 4.40. The molecule has 0 fully saturated rings. The van der Waals surface area contributed by atoms with Gasteiger partial charge in [0, 0.05) is 30.6 Å². The van der Waals surface area contributed by atoms with Crippen LogP contribution in [0.5, 0.6) is 5.88 Å². The Balaban J connectivity index is 1.64. The molecule has 0 amide bonds. The van der Waals surface area contributed by atoms with E-state index in [1.54, 1.807) is 36.1 Å². The first-order valence-corrected chi connectivity index (χ1v) is 8.89. The summed E-state index contributed by atoms with van der Waals surface area (Å²) in [5.41, 5.74) is 2.18. The van der Waals surface area contributed by atoms with Crippen molar-refractivity contribution in [2.24, 2.45) is 5.16 Å². The van der Waals surface area contributed by atoms with Gasteiger partial charge >= 0.3 is 0 Å². The lowest BCUT2D eigenvalue weighted by Crippen LogP contribution is -2.38. The molecule has 146 valence electrons. The number of amidine groups is 1. The molecular formula is C19H21FN6O2. The maximum atomic E-state index is 13.7. The molecule has 2 aromatic heterocycles. The van der Waals surface area contributed by atoms with E-state index in [1.165, 1.54) is 12.1 Å². The van der Waals surface area contributed by atoms with Crippen LogP contribution >= 0.6 is 0 Å². The van der Waals surface area contributed by atoms with Crippen LogP contribution < -0.4 is 15.4 Å². The van der Waals surface area contributed by atoms with Crippen LogP contribution in [-0.2, 0) is 4.84 Å². The summed E-state index contributed by atoms with van der Waals surface area (Å²) >= 11 is 0. The quantitative estimate of drug-likeness (QED) is 0.703. The number of halogens is 1. The zero-order valence-electron chi connectivity index (χ0n) is 16.0. The number of oxime groups is 1. The third-order valence-electron chi connectivity index (χ3n) is 4.40. The molecular weight excluding hydrogens is 363 g/mol. The van der Waals surface area contributed by atoms with Crippen LogP contribution in [0.3, 0.4) is 0 Å². The molecule has 8 nitrogen and oxygen atoms in total. The number of fused-ring (bicyclic) bond motifs is 1. The first kappa shape index (κ1) is 18.0. The fraction of sp³-hybridized carbons (Fsp3) is 0.316. The first-order chi connectivity index (χ1) is 13.4. The number of nitrogens with zero attached hydrogens (tertiary/aromatic N) is 4. The van der Waals surface area contributed by atoms with Crippen molar-refractivity contribution < 1.29 is 14.0 Å². The van der Waals surface area contributed by atoms with Gasteiger partial charge in [0.1, 0.15) is 11.9 Å². The van der Waals surface area contributed by atoms with E-state index in [0.717, 1.165) is 5.69 Å². The maximum absolute atomic E-state index is 13.7. The van der Waals surface area contributed by atoms with E-state index in [2.05, 4.69) is 25.9 Å². The van der Waals surface area contributed by atoms with E-state index in [1.807, 2.05) is 20.8 Å². The molecule has 0 spiro atoms. The summed E-state index contributed by atoms with van der Waals surface area (Å²) in [5.74, 6) is 0.631. The predicted octanol–water partition coefficient (Wildman–Crippen LogP) is 3.07. The van der Waals surface area contributed by atoms with Gasteiger partial charge in [-0.05, 0) is 39.0 Å². The molecule has 0 saturated heterocycles. The molecule has 1 unspecified atom stereocenters. The number of ether oxygens (including phenoxy) is 1. The second kappa shape index (κ2) is 6.66. The number of nitrogens with one attached hydrogen (secondary N) is 2. The highest BCUT2D eigenvalue weighted by molar-refractivity contribution is 6.04. The standard InChI is InChI=1S/C19H21FN6O2/c1-11(13-9-12(20)5-6-15(13)21-4)27-16-7-8-26-18(23-16)14(10-22-26)17-24-19(2,3)28-25-17/h5-11,21H,1-4H3,(H,24,25). The Morgan fingerprint density at radius 2 is 2.14 bits per heavy atom. The SMILES string of the molecule is CNc1ccc(F)cc1C(C)Oc1ccn2ncc(C3=NOC(C)(C)N3)c2n1. The Kier molecular flexibility index (Phi) is 4.29. The summed E-state index contributed by atoms with van der Waals surface area (Å²) in [6.07, 6.45) is 3.00. The third kappa shape index (κ3) is 3.30. The molecule has 2 N–H and O–H groups in total. The summed E-state index contributed by atoms with van der Waals surface area (Å²) in [5, 5.41) is 14.6. The van der Waals surface area contributed by atoms with E-state index in [4.69, 9.17) is 9.57 Å². The fourth-order valence-corrected chi connectivity index (χ4v) is 3.03. The van der Waals surface area contributed by atoms with Crippen molar-refractivity contribution >= 4 is 17.2 Å². The lowest BCUT2D eigenvalue weighted by molar-refractivity contribution is -0.00234. The highest BCUT2D eigenvalue weighted by Gasteiger charge is 2.30. The molecule has 1 aliphatic heterocycles. The minimum absolute atomic E-state index is 0.320. The smallest absolute Gasteiger partial charge is 0.217 e. The van der Waals surface area contributed by atoms with E-state index in [9.17, 15) is 4.39 Å². The maximum Gasteiger partial charge on any atom is 0.217 e. The number of aromatic nitrogens is 3. The molecule has 1 atom stereocenters. The van der Waals surface area contributed by atoms with Crippen molar-refractivity contribution in [2.75, 3.05) is 12.4 Å². The molecule has 4 rings (SSSR count). The number of hydrogen-bond donors (Lipinski definition) is 2. The first-order valence-electron chi connectivity index (χ1n) is 8.89. The second-order valence-electron chi connectivity index (χ2n) is 7.00. The van der Waals surface area contributed by atoms with Gasteiger partial charge in [0.25, 0.3) is 0 Å². The minimum Gasteiger partial charge on any atom is -0.470 e. The summed E-state index contributed by atoms with van der Waals surface area (Å²) in [7, 11) is 1.78. The van der Waals surface area contributed by atoms with E-state index in [-0.39, 0.29) is 5.82 Å². The van der Waals surface area contributed by atoms with Gasteiger partial charge in [-0.1, -0.05) is 5.16 Å². The lowest BCUT2D eigenvalue weighted by Gasteiger charge is -2.18. The molecule has 0 aliphatic carbocycles. The fourth-order valence-electron chi connectivity index (χ4n) is 3.03. The number of hydrogen-bond acceptors (Lipinski definition) is 7. The molecule has 0 bridgehead atoms. The van der Waals surface area contributed by atoms with Gasteiger partial charge in [-0.3, -0.25) is 0 Å². The van der Waals surface area contributed by atoms with Crippen LogP contribution in [0.15, 0.2) is 41.8 Å². The lowest BCUT2D eigenvalue weighted by atomic mass is 10.1. The molecule has 28 heavy (non-hydrogen) atoms. The van der Waals surface area contributed by atoms with Crippen LogP contribution in [0.1, 0.15) is 38.0 Å². The Bertz CT molecular complexity index is 1060. The van der Waals surface area contributed by atoms with Gasteiger partial charge in [0.05, 0.1) is 11.8 Å². The average molecular weight is 384 g/mol. The summed E-state index contributed by atoms with van der Waals surface area (Å²) in [4.78, 5) is 9.91. The molecule has 0 radical (unpaired) electrons. The van der Waals surface area contributed by atoms with Gasteiger partial charge in [-0.25, -0.2) is 8.91 Å². The Morgan fingerprint density at radius 1 is 1.32 bits per heavy atom. The molecule has 1 aliphatic rings. The number of anilines is 1. The van der Waals surface area contributed by atoms with Crippen molar-refractivity contribution in [3.8, 4) is 5.88 Å². The van der Waals surface area contributed by atoms with E-state index < -0.39 is 11.8 Å². The summed E-state index contributed by atoms with van der Waals surface area (Å²) < 4.78 is 21.3. The molecule has 3 heterocycles. The van der Waals surface area contributed by atoms with Crippen molar-refractivity contribution in [3.63, 3.8) is 0 Å². The topological polar surface area (TPSA) is 85.1 Å². The van der Waals surface area contributed by atoms with Crippen LogP contribution in [0, 0.1) is 5.82 Å². The highest BCUT2D eigenvalue weighted by Crippen LogP contribution is 2.28. The van der Waals surface area contributed by atoms with E-state index in [0.29, 0.717) is 28.5 Å². The normalized spacial score (nSPS) is 16.2. The number of rotatable bonds is 5. The van der Waals surface area contributed by atoms with Gasteiger partial charge in [0.2, 0.25) is 11.6 Å². The van der Waals surface area contributed by atoms with Gasteiger partial charge < -0.3 is 20.2 Å². The van der Waals surface area contributed by atoms with Crippen LogP contribution in [0.4, 0.5) is 10.1 Å². The van der Waals surface area contributed by atoms with Crippen molar-refractivity contribution in [3.05, 3.63) is 53.6 Å². The number of benzene rings is 1. The zero-order chi connectivity index (χ0) is 19.9. The van der Waals surface area contributed by atoms with Crippen molar-refractivity contribution in [1.82, 2.24) is 19.9 Å². The van der Waals surface area contributed by atoms with Gasteiger partial charge in [-0.15, -0.1) is 0 Å². The van der Waals surface area contributed by atoms with Crippen molar-refractivity contribution in [2.45, 2.75) is 32.6 Å². The second-order valence-corrected chi connectivity index (χ2v) is 7.00. The van der Waals surface area contributed by atoms with Gasteiger partial charge in [0.15, 0.2) is 11.5 Å². The Labute approximate surface area is 161 Å². The van der Waals surface area contributed by atoms with Crippen LogP contribution in [0.2, 0.25) is 0 Å². The molecule has 9 heteroatoms. The van der Waals surface area contributed by atoms with Crippen LogP contribution in [-0.4, -0.2) is 33.2 Å². The van der Waals surface area contributed by atoms with Gasteiger partial charge in [-0.2, -0.15) is 10.1 Å². The summed E-state index contributed by atoms with van der Waals surface area (Å²) in [6, 6.07) is 6.25. The minimum atomic E-state index is -0.590. The monoisotopic (exact) mass is 384 g/mol. The Morgan fingerprint density at radius 3 is 2.86 bits per heavy atom. The predicted molar refractivity (Wildman–Crippen MR) is 103 cm³/mol.